The van der Waals surface area contributed by atoms with E-state index in [2.05, 4.69) is 5.16 Å². The molecule has 0 N–H and O–H groups in total. The minimum absolute atomic E-state index is 0.0368. The molecule has 60 valence electrons. The molecule has 0 amide bonds. The summed E-state index contributed by atoms with van der Waals surface area (Å²) in [5, 5.41) is 12.1. The molecule has 0 aromatic carbocycles. The monoisotopic (exact) mass is 162 g/mol. The molecule has 0 fully saturated rings. The molecule has 0 saturated carbocycles. The lowest BCUT2D eigenvalue weighted by molar-refractivity contribution is 0.0935. The molecule has 0 radical (unpaired) electrons. The molecule has 12 heavy (non-hydrogen) atoms. The Morgan fingerprint density at radius 1 is 1.50 bits per heavy atom. The molecule has 0 bridgehead atoms. The lowest BCUT2D eigenvalue weighted by Gasteiger charge is -2.05. The molecule has 1 heterocycles. The molecule has 0 aliphatic heterocycles. The van der Waals surface area contributed by atoms with E-state index in [0.717, 1.165) is 12.8 Å². The maximum absolute atomic E-state index is 11.2. The number of carbonyl (C=O) groups is 1. The van der Waals surface area contributed by atoms with Gasteiger partial charge in [-0.15, -0.1) is 0 Å². The van der Waals surface area contributed by atoms with E-state index in [9.17, 15) is 4.79 Å². The minimum Gasteiger partial charge on any atom is -0.351 e. The van der Waals surface area contributed by atoms with Crippen molar-refractivity contribution < 1.29 is 9.32 Å². The van der Waals surface area contributed by atoms with Crippen molar-refractivity contribution in [2.45, 2.75) is 19.3 Å². The summed E-state index contributed by atoms with van der Waals surface area (Å²) in [6, 6.07) is 1.90. The lowest BCUT2D eigenvalue weighted by atomic mass is 9.96. The number of Topliss-reactive ketones (excluding diaryl/α,β-unsaturated/α-hetero) is 1. The number of hydrogen-bond donors (Lipinski definition) is 0. The zero-order chi connectivity index (χ0) is 8.55. The first-order chi connectivity index (χ1) is 5.83. The number of fused-ring (bicyclic) bond motifs is 1. The largest absolute Gasteiger partial charge is 0.351 e. The molecule has 1 aliphatic rings. The van der Waals surface area contributed by atoms with E-state index < -0.39 is 0 Å². The number of carbonyl (C=O) groups excluding carboxylic acids is 1. The zero-order valence-electron chi connectivity index (χ0n) is 6.33. The van der Waals surface area contributed by atoms with Crippen LogP contribution in [-0.2, 0) is 6.42 Å². The van der Waals surface area contributed by atoms with Crippen LogP contribution >= 0.6 is 0 Å². The number of nitrogens with zero attached hydrogens (tertiary/aromatic N) is 2. The molecule has 1 aromatic heterocycles. The van der Waals surface area contributed by atoms with Gasteiger partial charge in [0.05, 0.1) is 0 Å². The van der Waals surface area contributed by atoms with Crippen molar-refractivity contribution in [3.63, 3.8) is 0 Å². The first kappa shape index (κ1) is 7.04. The molecular formula is C8H6N2O2. The van der Waals surface area contributed by atoms with Crippen molar-refractivity contribution in [1.29, 1.82) is 5.26 Å². The lowest BCUT2D eigenvalue weighted by Crippen LogP contribution is -2.08. The van der Waals surface area contributed by atoms with Crippen LogP contribution in [0.2, 0.25) is 0 Å². The zero-order valence-corrected chi connectivity index (χ0v) is 6.33. The average Bonchev–Trinajstić information content (AvgIpc) is 2.49. The van der Waals surface area contributed by atoms with Crippen molar-refractivity contribution in [3.8, 4) is 6.07 Å². The van der Waals surface area contributed by atoms with Gasteiger partial charge in [0.2, 0.25) is 11.5 Å². The van der Waals surface area contributed by atoms with E-state index in [1.54, 1.807) is 0 Å². The van der Waals surface area contributed by atoms with Crippen LogP contribution in [0.5, 0.6) is 0 Å². The number of aromatic nitrogens is 1. The van der Waals surface area contributed by atoms with Crippen LogP contribution < -0.4 is 0 Å². The molecule has 1 aliphatic carbocycles. The predicted molar refractivity (Wildman–Crippen MR) is 38.5 cm³/mol. The summed E-state index contributed by atoms with van der Waals surface area (Å²) in [6.45, 7) is 0. The predicted octanol–water partition coefficient (Wildman–Crippen LogP) is 1.07. The molecule has 0 saturated heterocycles. The number of rotatable bonds is 0. The molecule has 0 atom stereocenters. The quantitative estimate of drug-likeness (QED) is 0.572. The Morgan fingerprint density at radius 3 is 3.08 bits per heavy atom. The van der Waals surface area contributed by atoms with Gasteiger partial charge in [-0.1, -0.05) is 5.16 Å². The molecule has 0 spiro atoms. The Balaban J connectivity index is 2.57. The minimum atomic E-state index is -0.0368. The molecule has 4 heteroatoms. The maximum atomic E-state index is 11.2. The van der Waals surface area contributed by atoms with Gasteiger partial charge in [-0.3, -0.25) is 4.79 Å². The van der Waals surface area contributed by atoms with E-state index in [4.69, 9.17) is 9.78 Å². The summed E-state index contributed by atoms with van der Waals surface area (Å²) in [5.74, 6) is 0.253. The van der Waals surface area contributed by atoms with Gasteiger partial charge < -0.3 is 4.52 Å². The Kier molecular flexibility index (Phi) is 1.44. The fourth-order valence-corrected chi connectivity index (χ4v) is 1.39. The summed E-state index contributed by atoms with van der Waals surface area (Å²) >= 11 is 0. The average molecular weight is 162 g/mol. The SMILES string of the molecule is N#Cc1noc2c1CCCC2=O. The summed E-state index contributed by atoms with van der Waals surface area (Å²) < 4.78 is 4.77. The van der Waals surface area contributed by atoms with Gasteiger partial charge in [0.15, 0.2) is 5.69 Å². The van der Waals surface area contributed by atoms with Gasteiger partial charge in [0, 0.05) is 12.0 Å². The highest BCUT2D eigenvalue weighted by molar-refractivity contribution is 5.96. The van der Waals surface area contributed by atoms with Crippen molar-refractivity contribution in [2.24, 2.45) is 0 Å². The van der Waals surface area contributed by atoms with Crippen LogP contribution in [-0.4, -0.2) is 10.9 Å². The van der Waals surface area contributed by atoms with Crippen molar-refractivity contribution in [3.05, 3.63) is 17.0 Å². The highest BCUT2D eigenvalue weighted by atomic mass is 16.5. The summed E-state index contributed by atoms with van der Waals surface area (Å²) in [7, 11) is 0. The Morgan fingerprint density at radius 2 is 2.33 bits per heavy atom. The second-order valence-corrected chi connectivity index (χ2v) is 2.73. The number of hydrogen-bond acceptors (Lipinski definition) is 4. The van der Waals surface area contributed by atoms with E-state index in [-0.39, 0.29) is 17.2 Å². The van der Waals surface area contributed by atoms with Gasteiger partial charge in [-0.2, -0.15) is 5.26 Å². The van der Waals surface area contributed by atoms with Gasteiger partial charge in [0.25, 0.3) is 0 Å². The Bertz CT molecular complexity index is 373. The van der Waals surface area contributed by atoms with Crippen LogP contribution in [0.15, 0.2) is 4.52 Å². The summed E-state index contributed by atoms with van der Waals surface area (Å²) in [5.41, 5.74) is 0.951. The van der Waals surface area contributed by atoms with Crippen molar-refractivity contribution in [1.82, 2.24) is 5.16 Å². The van der Waals surface area contributed by atoms with Crippen LogP contribution in [0.1, 0.15) is 34.7 Å². The normalized spacial score (nSPS) is 15.4. The van der Waals surface area contributed by atoms with E-state index >= 15 is 0 Å². The second-order valence-electron chi connectivity index (χ2n) is 2.73. The summed E-state index contributed by atoms with van der Waals surface area (Å²) in [4.78, 5) is 11.2. The standard InChI is InChI=1S/C8H6N2O2/c9-4-6-5-2-1-3-7(11)8(5)12-10-6/h1-3H2. The first-order valence-electron chi connectivity index (χ1n) is 3.75. The van der Waals surface area contributed by atoms with Gasteiger partial charge in [-0.05, 0) is 12.8 Å². The van der Waals surface area contributed by atoms with E-state index in [1.807, 2.05) is 6.07 Å². The van der Waals surface area contributed by atoms with E-state index in [1.165, 1.54) is 0 Å². The Hall–Kier alpha value is -1.63. The smallest absolute Gasteiger partial charge is 0.207 e. The first-order valence-corrected chi connectivity index (χ1v) is 3.75. The molecular weight excluding hydrogens is 156 g/mol. The van der Waals surface area contributed by atoms with Crippen LogP contribution in [0.3, 0.4) is 0 Å². The molecule has 4 nitrogen and oxygen atoms in total. The third kappa shape index (κ3) is 0.832. The van der Waals surface area contributed by atoms with Gasteiger partial charge in [0.1, 0.15) is 6.07 Å². The molecule has 1 aromatic rings. The molecule has 2 rings (SSSR count). The van der Waals surface area contributed by atoms with Crippen molar-refractivity contribution in [2.75, 3.05) is 0 Å². The second kappa shape index (κ2) is 2.45. The van der Waals surface area contributed by atoms with Crippen LogP contribution in [0.4, 0.5) is 0 Å². The van der Waals surface area contributed by atoms with Gasteiger partial charge >= 0.3 is 0 Å². The van der Waals surface area contributed by atoms with Crippen LogP contribution in [0, 0.1) is 11.3 Å². The topological polar surface area (TPSA) is 66.9 Å². The number of nitriles is 1. The fourth-order valence-electron chi connectivity index (χ4n) is 1.39. The summed E-state index contributed by atoms with van der Waals surface area (Å²) in [6.07, 6.45) is 2.03. The van der Waals surface area contributed by atoms with Crippen molar-refractivity contribution >= 4 is 5.78 Å². The molecule has 0 unspecified atom stereocenters. The third-order valence-electron chi connectivity index (χ3n) is 1.98. The Labute approximate surface area is 68.8 Å². The maximum Gasteiger partial charge on any atom is 0.207 e. The highest BCUT2D eigenvalue weighted by Crippen LogP contribution is 2.23. The highest BCUT2D eigenvalue weighted by Gasteiger charge is 2.25. The fraction of sp³-hybridized carbons (Fsp3) is 0.375. The van der Waals surface area contributed by atoms with E-state index in [0.29, 0.717) is 12.0 Å². The third-order valence-corrected chi connectivity index (χ3v) is 1.98. The van der Waals surface area contributed by atoms with Gasteiger partial charge in [-0.25, -0.2) is 0 Å². The number of ketones is 1. The van der Waals surface area contributed by atoms with Crippen LogP contribution in [0.25, 0.3) is 0 Å².